The van der Waals surface area contributed by atoms with Gasteiger partial charge >= 0.3 is 0 Å². The molecule has 0 saturated heterocycles. The number of hydrogen-bond acceptors (Lipinski definition) is 2. The Kier molecular flexibility index (Phi) is 4.38. The standard InChI is InChI=1S/C17H17Br2NO/c1-10-3-5-12(14(19)7-10)17-9-15(20-2)13-6-4-11(18)8-16(13)21-17/h3-8,15,17,20H,9H2,1-2H3. The maximum absolute atomic E-state index is 6.25. The summed E-state index contributed by atoms with van der Waals surface area (Å²) in [6.45, 7) is 2.10. The maximum atomic E-state index is 6.25. The zero-order valence-corrected chi connectivity index (χ0v) is 15.2. The van der Waals surface area contributed by atoms with E-state index in [4.69, 9.17) is 4.74 Å². The molecule has 21 heavy (non-hydrogen) atoms. The van der Waals surface area contributed by atoms with E-state index in [1.165, 1.54) is 16.7 Å². The predicted octanol–water partition coefficient (Wildman–Crippen LogP) is 5.30. The summed E-state index contributed by atoms with van der Waals surface area (Å²) in [5.74, 6) is 0.951. The maximum Gasteiger partial charge on any atom is 0.127 e. The van der Waals surface area contributed by atoms with Gasteiger partial charge in [0.1, 0.15) is 11.9 Å². The molecule has 0 aliphatic carbocycles. The summed E-state index contributed by atoms with van der Waals surface area (Å²) in [4.78, 5) is 0. The fourth-order valence-electron chi connectivity index (χ4n) is 2.80. The Bertz CT molecular complexity index is 672. The molecule has 0 aromatic heterocycles. The molecule has 0 radical (unpaired) electrons. The van der Waals surface area contributed by atoms with E-state index in [-0.39, 0.29) is 6.10 Å². The van der Waals surface area contributed by atoms with Crippen molar-refractivity contribution in [3.8, 4) is 5.75 Å². The van der Waals surface area contributed by atoms with Crippen LogP contribution in [0, 0.1) is 6.92 Å². The van der Waals surface area contributed by atoms with E-state index < -0.39 is 0 Å². The summed E-state index contributed by atoms with van der Waals surface area (Å²) in [6, 6.07) is 13.0. The molecule has 2 nitrogen and oxygen atoms in total. The van der Waals surface area contributed by atoms with Crippen LogP contribution in [0.1, 0.15) is 35.3 Å². The Morgan fingerprint density at radius 2 is 1.86 bits per heavy atom. The van der Waals surface area contributed by atoms with Gasteiger partial charge in [0.2, 0.25) is 0 Å². The predicted molar refractivity (Wildman–Crippen MR) is 92.8 cm³/mol. The first-order valence-corrected chi connectivity index (χ1v) is 8.56. The number of fused-ring (bicyclic) bond motifs is 1. The zero-order chi connectivity index (χ0) is 15.0. The first-order valence-electron chi connectivity index (χ1n) is 6.98. The minimum Gasteiger partial charge on any atom is -0.485 e. The third-order valence-electron chi connectivity index (χ3n) is 3.92. The Labute approximate surface area is 142 Å². The van der Waals surface area contributed by atoms with Gasteiger partial charge in [-0.25, -0.2) is 0 Å². The van der Waals surface area contributed by atoms with Gasteiger partial charge in [-0.1, -0.05) is 50.1 Å². The van der Waals surface area contributed by atoms with Crippen molar-refractivity contribution >= 4 is 31.9 Å². The Morgan fingerprint density at radius 3 is 2.57 bits per heavy atom. The lowest BCUT2D eigenvalue weighted by Crippen LogP contribution is -2.26. The smallest absolute Gasteiger partial charge is 0.127 e. The largest absolute Gasteiger partial charge is 0.485 e. The highest BCUT2D eigenvalue weighted by Gasteiger charge is 2.29. The van der Waals surface area contributed by atoms with Gasteiger partial charge in [0.05, 0.1) is 0 Å². The number of halogens is 2. The van der Waals surface area contributed by atoms with E-state index in [0.29, 0.717) is 6.04 Å². The number of benzene rings is 2. The van der Waals surface area contributed by atoms with Gasteiger partial charge in [-0.2, -0.15) is 0 Å². The summed E-state index contributed by atoms with van der Waals surface area (Å²) < 4.78 is 8.40. The lowest BCUT2D eigenvalue weighted by molar-refractivity contribution is 0.153. The van der Waals surface area contributed by atoms with Crippen molar-refractivity contribution < 1.29 is 4.74 Å². The van der Waals surface area contributed by atoms with Crippen LogP contribution in [0.5, 0.6) is 5.75 Å². The highest BCUT2D eigenvalue weighted by molar-refractivity contribution is 9.10. The van der Waals surface area contributed by atoms with E-state index in [1.807, 2.05) is 13.1 Å². The van der Waals surface area contributed by atoms with Gasteiger partial charge in [0, 0.05) is 32.5 Å². The van der Waals surface area contributed by atoms with Gasteiger partial charge in [0.25, 0.3) is 0 Å². The molecule has 1 aliphatic rings. The second kappa shape index (κ2) is 6.11. The summed E-state index contributed by atoms with van der Waals surface area (Å²) >= 11 is 7.19. The molecular weight excluding hydrogens is 394 g/mol. The number of rotatable bonds is 2. The Hall–Kier alpha value is -0.840. The molecule has 2 unspecified atom stereocenters. The molecule has 0 spiro atoms. The van der Waals surface area contributed by atoms with E-state index >= 15 is 0 Å². The normalized spacial score (nSPS) is 20.8. The zero-order valence-electron chi connectivity index (χ0n) is 12.0. The fourth-order valence-corrected chi connectivity index (χ4v) is 3.89. The average molecular weight is 411 g/mol. The summed E-state index contributed by atoms with van der Waals surface area (Å²) in [5.41, 5.74) is 3.67. The molecular formula is C17H17Br2NO. The number of hydrogen-bond donors (Lipinski definition) is 1. The van der Waals surface area contributed by atoms with E-state index in [2.05, 4.69) is 74.4 Å². The molecule has 1 N–H and O–H groups in total. The molecule has 0 bridgehead atoms. The van der Waals surface area contributed by atoms with Crippen LogP contribution in [-0.4, -0.2) is 7.05 Å². The molecule has 0 saturated carbocycles. The molecule has 1 heterocycles. The lowest BCUT2D eigenvalue weighted by atomic mass is 9.93. The van der Waals surface area contributed by atoms with Crippen LogP contribution in [0.4, 0.5) is 0 Å². The monoisotopic (exact) mass is 409 g/mol. The second-order valence-electron chi connectivity index (χ2n) is 5.39. The Balaban J connectivity index is 1.99. The van der Waals surface area contributed by atoms with Gasteiger partial charge in [-0.3, -0.25) is 0 Å². The number of nitrogens with one attached hydrogen (secondary N) is 1. The third kappa shape index (κ3) is 3.03. The van der Waals surface area contributed by atoms with E-state index in [1.54, 1.807) is 0 Å². The van der Waals surface area contributed by atoms with Crippen molar-refractivity contribution in [3.05, 3.63) is 62.0 Å². The number of aryl methyl sites for hydroxylation is 1. The summed E-state index contributed by atoms with van der Waals surface area (Å²) in [6.07, 6.45) is 0.978. The van der Waals surface area contributed by atoms with Crippen molar-refractivity contribution in [1.82, 2.24) is 5.32 Å². The van der Waals surface area contributed by atoms with Crippen LogP contribution in [0.15, 0.2) is 45.3 Å². The van der Waals surface area contributed by atoms with Gasteiger partial charge in [-0.15, -0.1) is 0 Å². The van der Waals surface area contributed by atoms with Crippen molar-refractivity contribution in [1.29, 1.82) is 0 Å². The average Bonchev–Trinajstić information content (AvgIpc) is 2.45. The van der Waals surface area contributed by atoms with Gasteiger partial charge in [-0.05, 0) is 37.7 Å². The quantitative estimate of drug-likeness (QED) is 0.724. The molecule has 1 aliphatic heterocycles. The Morgan fingerprint density at radius 1 is 1.10 bits per heavy atom. The van der Waals surface area contributed by atoms with Crippen LogP contribution in [-0.2, 0) is 0 Å². The molecule has 2 aromatic rings. The van der Waals surface area contributed by atoms with Crippen molar-refractivity contribution in [2.45, 2.75) is 25.5 Å². The van der Waals surface area contributed by atoms with Gasteiger partial charge < -0.3 is 10.1 Å². The first-order chi connectivity index (χ1) is 10.1. The molecule has 2 aromatic carbocycles. The van der Waals surface area contributed by atoms with Crippen LogP contribution in [0.3, 0.4) is 0 Å². The summed E-state index contributed by atoms with van der Waals surface area (Å²) in [5, 5.41) is 3.40. The lowest BCUT2D eigenvalue weighted by Gasteiger charge is -2.33. The molecule has 0 amide bonds. The van der Waals surface area contributed by atoms with Crippen LogP contribution in [0.25, 0.3) is 0 Å². The highest BCUT2D eigenvalue weighted by atomic mass is 79.9. The molecule has 4 heteroatoms. The molecule has 110 valence electrons. The molecule has 0 fully saturated rings. The second-order valence-corrected chi connectivity index (χ2v) is 7.16. The van der Waals surface area contributed by atoms with Crippen molar-refractivity contribution in [2.75, 3.05) is 7.05 Å². The van der Waals surface area contributed by atoms with Crippen LogP contribution in [0.2, 0.25) is 0 Å². The van der Waals surface area contributed by atoms with Gasteiger partial charge in [0.15, 0.2) is 0 Å². The minimum atomic E-state index is 0.0548. The van der Waals surface area contributed by atoms with E-state index in [0.717, 1.165) is 21.1 Å². The van der Waals surface area contributed by atoms with Crippen molar-refractivity contribution in [2.24, 2.45) is 0 Å². The fraction of sp³-hybridized carbons (Fsp3) is 0.294. The summed E-state index contributed by atoms with van der Waals surface area (Å²) in [7, 11) is 2.00. The van der Waals surface area contributed by atoms with Crippen LogP contribution >= 0.6 is 31.9 Å². The topological polar surface area (TPSA) is 21.3 Å². The van der Waals surface area contributed by atoms with E-state index in [9.17, 15) is 0 Å². The SMILES string of the molecule is CNC1CC(c2ccc(C)cc2Br)Oc2cc(Br)ccc21. The molecule has 3 rings (SSSR count). The highest BCUT2D eigenvalue weighted by Crippen LogP contribution is 2.43. The van der Waals surface area contributed by atoms with Crippen LogP contribution < -0.4 is 10.1 Å². The first kappa shape index (κ1) is 15.1. The minimum absolute atomic E-state index is 0.0548. The van der Waals surface area contributed by atoms with Crippen molar-refractivity contribution in [3.63, 3.8) is 0 Å². The molecule has 2 atom stereocenters. The third-order valence-corrected chi connectivity index (χ3v) is 5.10. The number of ether oxygens (including phenoxy) is 1.